The van der Waals surface area contributed by atoms with Crippen molar-refractivity contribution >= 4 is 50.6 Å². The number of carbonyl (C=O) groups excluding carboxylic acids is 3. The Morgan fingerprint density at radius 2 is 1.63 bits per heavy atom. The van der Waals surface area contributed by atoms with Gasteiger partial charge in [-0.15, -0.1) is 0 Å². The summed E-state index contributed by atoms with van der Waals surface area (Å²) in [6.07, 6.45) is 1.70. The van der Waals surface area contributed by atoms with Crippen molar-refractivity contribution in [1.82, 2.24) is 24.7 Å². The Bertz CT molecular complexity index is 1360. The Morgan fingerprint density at radius 1 is 1.00 bits per heavy atom. The van der Waals surface area contributed by atoms with Gasteiger partial charge in [-0.25, -0.2) is 9.78 Å². The zero-order valence-corrected chi connectivity index (χ0v) is 26.1. The maximum atomic E-state index is 12.6. The molecular formula is C30H39BrN6O4. The second-order valence-electron chi connectivity index (χ2n) is 12.1. The van der Waals surface area contributed by atoms with E-state index in [0.29, 0.717) is 23.0 Å². The number of fused-ring (bicyclic) bond motifs is 1. The highest BCUT2D eigenvalue weighted by Gasteiger charge is 2.34. The predicted octanol–water partition coefficient (Wildman–Crippen LogP) is 4.55. The van der Waals surface area contributed by atoms with Gasteiger partial charge in [-0.05, 0) is 71.2 Å². The fraction of sp³-hybridized carbons (Fsp3) is 0.533. The van der Waals surface area contributed by atoms with Gasteiger partial charge in [0, 0.05) is 72.9 Å². The number of hydrogen-bond donors (Lipinski definition) is 1. The van der Waals surface area contributed by atoms with Gasteiger partial charge in [0.15, 0.2) is 0 Å². The second kappa shape index (κ2) is 11.7. The van der Waals surface area contributed by atoms with Crippen LogP contribution in [0.25, 0.3) is 10.9 Å². The highest BCUT2D eigenvalue weighted by atomic mass is 79.9. The Hall–Kier alpha value is -3.02. The monoisotopic (exact) mass is 626 g/mol. The van der Waals surface area contributed by atoms with Crippen LogP contribution in [-0.2, 0) is 20.9 Å². The van der Waals surface area contributed by atoms with Crippen LogP contribution in [0.15, 0.2) is 39.9 Å². The standard InChI is InChI=1S/C30H39BrN6O4/c1-19-20(2)28(39)37(27(19)38)33-26-16-21(24-7-6-22(31)17-25(24)32-26)18-34-12-14-35(15-13-34)23-8-10-36(11-9-23)29(40)41-30(3,4)5/h6-7,16-17,23H,8-15,18H2,1-5H3,(H,32,33). The van der Waals surface area contributed by atoms with Crippen molar-refractivity contribution in [1.29, 1.82) is 0 Å². The number of piperidine rings is 1. The lowest BCUT2D eigenvalue weighted by Crippen LogP contribution is -2.53. The van der Waals surface area contributed by atoms with Crippen LogP contribution in [0.3, 0.4) is 0 Å². The lowest BCUT2D eigenvalue weighted by Gasteiger charge is -2.43. The lowest BCUT2D eigenvalue weighted by molar-refractivity contribution is -0.135. The molecule has 0 radical (unpaired) electrons. The Balaban J connectivity index is 1.22. The molecule has 0 atom stereocenters. The molecule has 11 heteroatoms. The van der Waals surface area contributed by atoms with E-state index in [2.05, 4.69) is 37.2 Å². The summed E-state index contributed by atoms with van der Waals surface area (Å²) in [6.45, 7) is 15.0. The number of pyridine rings is 1. The molecule has 3 amide bonds. The largest absolute Gasteiger partial charge is 0.444 e. The number of imide groups is 1. The highest BCUT2D eigenvalue weighted by Crippen LogP contribution is 2.28. The van der Waals surface area contributed by atoms with Gasteiger partial charge in [0.05, 0.1) is 5.52 Å². The number of nitrogens with zero attached hydrogens (tertiary/aromatic N) is 5. The van der Waals surface area contributed by atoms with Crippen LogP contribution in [0, 0.1) is 0 Å². The highest BCUT2D eigenvalue weighted by molar-refractivity contribution is 9.10. The van der Waals surface area contributed by atoms with Crippen molar-refractivity contribution < 1.29 is 19.1 Å². The van der Waals surface area contributed by atoms with Crippen LogP contribution < -0.4 is 5.43 Å². The number of halogens is 1. The summed E-state index contributed by atoms with van der Waals surface area (Å²) in [5.74, 6) is -0.235. The molecule has 2 fully saturated rings. The van der Waals surface area contributed by atoms with E-state index in [1.54, 1.807) is 13.8 Å². The average molecular weight is 628 g/mol. The van der Waals surface area contributed by atoms with E-state index in [4.69, 9.17) is 9.72 Å². The smallest absolute Gasteiger partial charge is 0.410 e. The van der Waals surface area contributed by atoms with Crippen LogP contribution in [0.2, 0.25) is 0 Å². The predicted molar refractivity (Wildman–Crippen MR) is 161 cm³/mol. The first-order valence-corrected chi connectivity index (χ1v) is 15.1. The van der Waals surface area contributed by atoms with E-state index in [9.17, 15) is 14.4 Å². The van der Waals surface area contributed by atoms with Crippen molar-refractivity contribution in [3.8, 4) is 0 Å². The number of nitrogens with one attached hydrogen (secondary N) is 1. The van der Waals surface area contributed by atoms with Gasteiger partial charge in [-0.2, -0.15) is 5.01 Å². The molecule has 10 nitrogen and oxygen atoms in total. The fourth-order valence-corrected chi connectivity index (χ4v) is 6.04. The van der Waals surface area contributed by atoms with Gasteiger partial charge in [0.2, 0.25) is 0 Å². The minimum absolute atomic E-state index is 0.216. The lowest BCUT2D eigenvalue weighted by atomic mass is 10.0. The summed E-state index contributed by atoms with van der Waals surface area (Å²) in [5, 5.41) is 2.09. The van der Waals surface area contributed by atoms with Crippen molar-refractivity contribution in [3.05, 3.63) is 45.4 Å². The maximum absolute atomic E-state index is 12.6. The normalized spacial score (nSPS) is 20.0. The minimum atomic E-state index is -0.476. The molecule has 1 N–H and O–H groups in total. The molecule has 1 aromatic carbocycles. The van der Waals surface area contributed by atoms with E-state index in [-0.39, 0.29) is 17.9 Å². The number of hydrazine groups is 1. The topological polar surface area (TPSA) is 98.3 Å². The quantitative estimate of drug-likeness (QED) is 0.483. The van der Waals surface area contributed by atoms with Crippen LogP contribution in [0.5, 0.6) is 0 Å². The van der Waals surface area contributed by atoms with Gasteiger partial charge in [-0.1, -0.05) is 22.0 Å². The number of hydrogen-bond acceptors (Lipinski definition) is 8. The van der Waals surface area contributed by atoms with Gasteiger partial charge >= 0.3 is 6.09 Å². The van der Waals surface area contributed by atoms with Crippen LogP contribution in [0.4, 0.5) is 10.6 Å². The number of likely N-dealkylation sites (tertiary alicyclic amines) is 1. The first kappa shape index (κ1) is 29.5. The maximum Gasteiger partial charge on any atom is 0.410 e. The summed E-state index contributed by atoms with van der Waals surface area (Å²) < 4.78 is 6.46. The van der Waals surface area contributed by atoms with Gasteiger partial charge in [0.1, 0.15) is 11.4 Å². The van der Waals surface area contributed by atoms with Crippen LogP contribution in [0.1, 0.15) is 53.0 Å². The first-order valence-electron chi connectivity index (χ1n) is 14.3. The number of anilines is 1. The third kappa shape index (κ3) is 6.57. The molecule has 2 aromatic rings. The first-order chi connectivity index (χ1) is 19.4. The molecule has 220 valence electrons. The van der Waals surface area contributed by atoms with Gasteiger partial charge in [0.25, 0.3) is 11.8 Å². The molecule has 0 spiro atoms. The van der Waals surface area contributed by atoms with Crippen LogP contribution >= 0.6 is 15.9 Å². The Morgan fingerprint density at radius 3 is 2.24 bits per heavy atom. The molecule has 0 bridgehead atoms. The van der Waals surface area contributed by atoms with E-state index < -0.39 is 5.60 Å². The number of rotatable bonds is 5. The van der Waals surface area contributed by atoms with Crippen molar-refractivity contribution in [3.63, 3.8) is 0 Å². The fourth-order valence-electron chi connectivity index (χ4n) is 5.69. The molecule has 5 rings (SSSR count). The van der Waals surface area contributed by atoms with Crippen molar-refractivity contribution in [2.45, 2.75) is 65.6 Å². The number of amides is 3. The SMILES string of the molecule is CC1=C(C)C(=O)N(Nc2cc(CN3CCN(C4CCN(C(=O)OC(C)(C)C)CC4)CC3)c3ccc(Br)cc3n2)C1=O. The Labute approximate surface area is 249 Å². The molecule has 0 aliphatic carbocycles. The summed E-state index contributed by atoms with van der Waals surface area (Å²) in [5.41, 5.74) is 5.25. The zero-order chi connectivity index (χ0) is 29.5. The molecule has 41 heavy (non-hydrogen) atoms. The third-order valence-corrected chi connectivity index (χ3v) is 8.62. The molecule has 0 unspecified atom stereocenters. The van der Waals surface area contributed by atoms with Gasteiger partial charge in [-0.3, -0.25) is 24.8 Å². The van der Waals surface area contributed by atoms with Crippen LogP contribution in [-0.4, -0.2) is 93.5 Å². The van der Waals surface area contributed by atoms with E-state index in [0.717, 1.165) is 84.6 Å². The van der Waals surface area contributed by atoms with E-state index in [1.807, 2.05) is 43.9 Å². The molecule has 0 saturated carbocycles. The summed E-state index contributed by atoms with van der Waals surface area (Å²) in [7, 11) is 0. The number of piperazine rings is 1. The molecule has 3 aliphatic heterocycles. The number of aromatic nitrogens is 1. The van der Waals surface area contributed by atoms with Crippen molar-refractivity contribution in [2.75, 3.05) is 44.7 Å². The minimum Gasteiger partial charge on any atom is -0.444 e. The van der Waals surface area contributed by atoms with Gasteiger partial charge < -0.3 is 9.64 Å². The third-order valence-electron chi connectivity index (χ3n) is 8.13. The molecule has 3 aliphatic rings. The van der Waals surface area contributed by atoms with E-state index in [1.165, 1.54) is 0 Å². The summed E-state index contributed by atoms with van der Waals surface area (Å²) in [6, 6.07) is 8.43. The average Bonchev–Trinajstić information content (AvgIpc) is 3.10. The molecule has 1 aromatic heterocycles. The number of ether oxygens (including phenoxy) is 1. The Kier molecular flexibility index (Phi) is 8.41. The molecule has 4 heterocycles. The molecule has 2 saturated heterocycles. The zero-order valence-electron chi connectivity index (χ0n) is 24.5. The number of carbonyl (C=O) groups is 3. The second-order valence-corrected chi connectivity index (χ2v) is 13.1. The van der Waals surface area contributed by atoms with Crippen molar-refractivity contribution in [2.24, 2.45) is 0 Å². The van der Waals surface area contributed by atoms with E-state index >= 15 is 0 Å². The number of benzene rings is 1. The summed E-state index contributed by atoms with van der Waals surface area (Å²) in [4.78, 5) is 49.2. The molecular weight excluding hydrogens is 588 g/mol. The summed E-state index contributed by atoms with van der Waals surface area (Å²) >= 11 is 3.54.